The zero-order chi connectivity index (χ0) is 10.4. The van der Waals surface area contributed by atoms with Crippen LogP contribution in [0.25, 0.3) is 0 Å². The van der Waals surface area contributed by atoms with Crippen molar-refractivity contribution < 1.29 is 9.53 Å². The maximum atomic E-state index is 11.6. The molecule has 0 bridgehead atoms. The standard InChI is InChI=1S/C11H19NO2.ClH/c1-10(2,3)14-9(13)8-4-11(5-8)6-12-7-11;/h8,12H,4-7H2,1-3H3;1H. The molecule has 0 aromatic heterocycles. The third-order valence-corrected chi connectivity index (χ3v) is 3.10. The summed E-state index contributed by atoms with van der Waals surface area (Å²) in [6.07, 6.45) is 2.05. The molecule has 2 aliphatic rings. The molecule has 0 unspecified atom stereocenters. The number of rotatable bonds is 1. The fourth-order valence-corrected chi connectivity index (χ4v) is 2.30. The summed E-state index contributed by atoms with van der Waals surface area (Å²) in [6.45, 7) is 7.94. The van der Waals surface area contributed by atoms with Crippen molar-refractivity contribution in [2.75, 3.05) is 13.1 Å². The average Bonchev–Trinajstić information content (AvgIpc) is 1.74. The maximum Gasteiger partial charge on any atom is 0.309 e. The molecule has 2 fully saturated rings. The lowest BCUT2D eigenvalue weighted by molar-refractivity contribution is -0.170. The molecular formula is C11H20ClNO2. The van der Waals surface area contributed by atoms with Gasteiger partial charge in [0.05, 0.1) is 5.92 Å². The summed E-state index contributed by atoms with van der Waals surface area (Å²) in [5.41, 5.74) is 0.124. The molecule has 4 heteroatoms. The van der Waals surface area contributed by atoms with Crippen LogP contribution in [0.4, 0.5) is 0 Å². The lowest BCUT2D eigenvalue weighted by Crippen LogP contribution is -2.61. The molecule has 3 nitrogen and oxygen atoms in total. The third kappa shape index (κ3) is 2.64. The summed E-state index contributed by atoms with van der Waals surface area (Å²) in [6, 6.07) is 0. The van der Waals surface area contributed by atoms with E-state index in [1.165, 1.54) is 0 Å². The minimum atomic E-state index is -0.336. The molecule has 15 heavy (non-hydrogen) atoms. The van der Waals surface area contributed by atoms with Crippen LogP contribution >= 0.6 is 12.4 Å². The molecule has 1 heterocycles. The first kappa shape index (κ1) is 12.8. The molecule has 1 spiro atoms. The predicted octanol–water partition coefficient (Wildman–Crippen LogP) is 1.75. The Hall–Kier alpha value is -0.280. The molecule has 88 valence electrons. The van der Waals surface area contributed by atoms with Crippen molar-refractivity contribution >= 4 is 18.4 Å². The maximum absolute atomic E-state index is 11.6. The first-order valence-corrected chi connectivity index (χ1v) is 5.34. The number of halogens is 1. The van der Waals surface area contributed by atoms with Gasteiger partial charge < -0.3 is 10.1 Å². The Morgan fingerprint density at radius 1 is 1.33 bits per heavy atom. The molecule has 1 N–H and O–H groups in total. The third-order valence-electron chi connectivity index (χ3n) is 3.10. The van der Waals surface area contributed by atoms with Gasteiger partial charge in [-0.3, -0.25) is 4.79 Å². The normalized spacial score (nSPS) is 23.7. The number of nitrogens with one attached hydrogen (secondary N) is 1. The van der Waals surface area contributed by atoms with E-state index in [0.717, 1.165) is 25.9 Å². The van der Waals surface area contributed by atoms with Gasteiger partial charge in [-0.2, -0.15) is 0 Å². The largest absolute Gasteiger partial charge is 0.460 e. The average molecular weight is 234 g/mol. The number of carbonyl (C=O) groups is 1. The summed E-state index contributed by atoms with van der Waals surface area (Å²) in [4.78, 5) is 11.6. The van der Waals surface area contributed by atoms with Crippen LogP contribution in [0.3, 0.4) is 0 Å². The fourth-order valence-electron chi connectivity index (χ4n) is 2.30. The Morgan fingerprint density at radius 3 is 2.20 bits per heavy atom. The molecule has 2 rings (SSSR count). The number of carbonyl (C=O) groups excluding carboxylic acids is 1. The highest BCUT2D eigenvalue weighted by atomic mass is 35.5. The zero-order valence-corrected chi connectivity index (χ0v) is 10.4. The van der Waals surface area contributed by atoms with Crippen molar-refractivity contribution in [1.82, 2.24) is 5.32 Å². The second-order valence-electron chi connectivity index (χ2n) is 5.74. The smallest absolute Gasteiger partial charge is 0.309 e. The Morgan fingerprint density at radius 2 is 1.87 bits per heavy atom. The van der Waals surface area contributed by atoms with Crippen molar-refractivity contribution in [3.63, 3.8) is 0 Å². The van der Waals surface area contributed by atoms with Gasteiger partial charge in [-0.1, -0.05) is 0 Å². The van der Waals surface area contributed by atoms with E-state index in [-0.39, 0.29) is 29.9 Å². The topological polar surface area (TPSA) is 38.3 Å². The molecule has 0 aromatic carbocycles. The van der Waals surface area contributed by atoms with E-state index < -0.39 is 0 Å². The van der Waals surface area contributed by atoms with E-state index in [4.69, 9.17) is 4.74 Å². The minimum absolute atomic E-state index is 0. The van der Waals surface area contributed by atoms with Crippen LogP contribution < -0.4 is 5.32 Å². The molecule has 1 aliphatic carbocycles. The molecule has 1 saturated carbocycles. The second-order valence-corrected chi connectivity index (χ2v) is 5.74. The van der Waals surface area contributed by atoms with E-state index in [9.17, 15) is 4.79 Å². The Bertz CT molecular complexity index is 248. The lowest BCUT2D eigenvalue weighted by Gasteiger charge is -2.53. The highest BCUT2D eigenvalue weighted by Crippen LogP contribution is 2.48. The first-order chi connectivity index (χ1) is 6.40. The van der Waals surface area contributed by atoms with E-state index in [2.05, 4.69) is 5.32 Å². The van der Waals surface area contributed by atoms with Crippen LogP contribution in [0.15, 0.2) is 0 Å². The highest BCUT2D eigenvalue weighted by Gasteiger charge is 2.51. The van der Waals surface area contributed by atoms with E-state index >= 15 is 0 Å². The molecule has 0 amide bonds. The number of ether oxygens (including phenoxy) is 1. The number of hydrogen-bond acceptors (Lipinski definition) is 3. The summed E-state index contributed by atoms with van der Waals surface area (Å²) < 4.78 is 5.34. The van der Waals surface area contributed by atoms with Gasteiger partial charge in [0.15, 0.2) is 0 Å². The Kier molecular flexibility index (Phi) is 3.36. The highest BCUT2D eigenvalue weighted by molar-refractivity contribution is 5.85. The second kappa shape index (κ2) is 3.95. The van der Waals surface area contributed by atoms with Gasteiger partial charge in [-0.25, -0.2) is 0 Å². The Labute approximate surface area is 97.4 Å². The molecule has 0 radical (unpaired) electrons. The van der Waals surface area contributed by atoms with Crippen molar-refractivity contribution in [3.05, 3.63) is 0 Å². The van der Waals surface area contributed by atoms with Gasteiger partial charge in [0.25, 0.3) is 0 Å². The van der Waals surface area contributed by atoms with Crippen molar-refractivity contribution in [2.24, 2.45) is 11.3 Å². The fraction of sp³-hybridized carbons (Fsp3) is 0.909. The van der Waals surface area contributed by atoms with Gasteiger partial charge in [0.2, 0.25) is 0 Å². The minimum Gasteiger partial charge on any atom is -0.460 e. The van der Waals surface area contributed by atoms with Gasteiger partial charge in [-0.05, 0) is 39.0 Å². The predicted molar refractivity (Wildman–Crippen MR) is 61.1 cm³/mol. The van der Waals surface area contributed by atoms with Crippen molar-refractivity contribution in [2.45, 2.75) is 39.2 Å². The SMILES string of the molecule is CC(C)(C)OC(=O)C1CC2(CNC2)C1.Cl. The summed E-state index contributed by atoms with van der Waals surface area (Å²) in [5.74, 6) is 0.159. The zero-order valence-electron chi connectivity index (χ0n) is 9.63. The van der Waals surface area contributed by atoms with Crippen LogP contribution in [-0.2, 0) is 9.53 Å². The van der Waals surface area contributed by atoms with Gasteiger partial charge >= 0.3 is 5.97 Å². The lowest BCUT2D eigenvalue weighted by atomic mass is 9.58. The van der Waals surface area contributed by atoms with Crippen molar-refractivity contribution in [1.29, 1.82) is 0 Å². The molecule has 0 atom stereocenters. The van der Waals surface area contributed by atoms with Crippen LogP contribution in [-0.4, -0.2) is 24.7 Å². The van der Waals surface area contributed by atoms with E-state index in [1.807, 2.05) is 20.8 Å². The van der Waals surface area contributed by atoms with Crippen LogP contribution in [0.5, 0.6) is 0 Å². The van der Waals surface area contributed by atoms with Crippen molar-refractivity contribution in [3.8, 4) is 0 Å². The quantitative estimate of drug-likeness (QED) is 0.702. The Balaban J connectivity index is 0.00000112. The van der Waals surface area contributed by atoms with E-state index in [0.29, 0.717) is 5.41 Å². The first-order valence-electron chi connectivity index (χ1n) is 5.34. The van der Waals surface area contributed by atoms with Crippen LogP contribution in [0.2, 0.25) is 0 Å². The van der Waals surface area contributed by atoms with Crippen LogP contribution in [0.1, 0.15) is 33.6 Å². The van der Waals surface area contributed by atoms with Crippen LogP contribution in [0, 0.1) is 11.3 Å². The monoisotopic (exact) mass is 233 g/mol. The molecule has 1 saturated heterocycles. The number of esters is 1. The summed E-state index contributed by atoms with van der Waals surface area (Å²) in [7, 11) is 0. The molecular weight excluding hydrogens is 214 g/mol. The summed E-state index contributed by atoms with van der Waals surface area (Å²) in [5, 5.41) is 3.26. The van der Waals surface area contributed by atoms with Gasteiger partial charge in [0, 0.05) is 13.1 Å². The van der Waals surface area contributed by atoms with Gasteiger partial charge in [0.1, 0.15) is 5.60 Å². The summed E-state index contributed by atoms with van der Waals surface area (Å²) >= 11 is 0. The molecule has 1 aliphatic heterocycles. The van der Waals surface area contributed by atoms with Gasteiger partial charge in [-0.15, -0.1) is 12.4 Å². The van der Waals surface area contributed by atoms with E-state index in [1.54, 1.807) is 0 Å². The molecule has 0 aromatic rings. The number of hydrogen-bond donors (Lipinski definition) is 1.